The van der Waals surface area contributed by atoms with Crippen LogP contribution in [0.25, 0.3) is 0 Å². The molecule has 0 unspecified atom stereocenters. The van der Waals surface area contributed by atoms with E-state index in [1.54, 1.807) is 0 Å². The normalized spacial score (nSPS) is 8.29. The molecule has 1 aromatic rings. The number of aryl methyl sites for hydroxylation is 1. The van der Waals surface area contributed by atoms with Gasteiger partial charge in [-0.15, -0.1) is 0 Å². The molecule has 0 spiro atoms. The van der Waals surface area contributed by atoms with Gasteiger partial charge in [0.05, 0.1) is 0 Å². The van der Waals surface area contributed by atoms with Crippen LogP contribution in [0.3, 0.4) is 0 Å². The van der Waals surface area contributed by atoms with Gasteiger partial charge in [-0.2, -0.15) is 0 Å². The Bertz CT molecular complexity index is 277. The van der Waals surface area contributed by atoms with Crippen LogP contribution in [-0.4, -0.2) is 5.91 Å². The van der Waals surface area contributed by atoms with Crippen molar-refractivity contribution in [2.45, 2.75) is 47.0 Å². The van der Waals surface area contributed by atoms with Crippen molar-refractivity contribution >= 4 is 17.5 Å². The molecule has 0 heterocycles. The number of rotatable bonds is 2. The van der Waals surface area contributed by atoms with Crippen molar-refractivity contribution in [1.82, 2.24) is 0 Å². The zero-order chi connectivity index (χ0) is 13.7. The van der Waals surface area contributed by atoms with Crippen LogP contribution < -0.4 is 5.73 Å². The van der Waals surface area contributed by atoms with E-state index in [4.69, 9.17) is 11.6 Å². The largest absolute Gasteiger partial charge is 0.370 e. The molecule has 1 amide bonds. The SMILES string of the molecule is CC(N)=O.CCCCC.Cc1cccc(Cl)c1. The topological polar surface area (TPSA) is 43.1 Å². The third kappa shape index (κ3) is 20.9. The molecule has 0 bridgehead atoms. The number of amides is 1. The number of unbranched alkanes of at least 4 members (excludes halogenated alkanes) is 2. The molecule has 0 aliphatic heterocycles. The second kappa shape index (κ2) is 13.0. The van der Waals surface area contributed by atoms with Crippen molar-refractivity contribution in [1.29, 1.82) is 0 Å². The molecule has 0 radical (unpaired) electrons. The van der Waals surface area contributed by atoms with Gasteiger partial charge in [-0.3, -0.25) is 4.79 Å². The van der Waals surface area contributed by atoms with Gasteiger partial charge in [0, 0.05) is 11.9 Å². The van der Waals surface area contributed by atoms with Crippen molar-refractivity contribution in [2.24, 2.45) is 5.73 Å². The molecule has 98 valence electrons. The summed E-state index contributed by atoms with van der Waals surface area (Å²) in [6.07, 6.45) is 4.08. The van der Waals surface area contributed by atoms with Crippen molar-refractivity contribution < 1.29 is 4.79 Å². The number of carbonyl (C=O) groups is 1. The number of hydrogen-bond acceptors (Lipinski definition) is 1. The minimum atomic E-state index is -0.333. The highest BCUT2D eigenvalue weighted by Crippen LogP contribution is 2.08. The van der Waals surface area contributed by atoms with Gasteiger partial charge in [-0.25, -0.2) is 0 Å². The van der Waals surface area contributed by atoms with Gasteiger partial charge in [0.2, 0.25) is 5.91 Å². The van der Waals surface area contributed by atoms with Crippen molar-refractivity contribution in [2.75, 3.05) is 0 Å². The van der Waals surface area contributed by atoms with Gasteiger partial charge >= 0.3 is 0 Å². The minimum absolute atomic E-state index is 0.333. The van der Waals surface area contributed by atoms with Gasteiger partial charge in [0.15, 0.2) is 0 Å². The predicted molar refractivity (Wildman–Crippen MR) is 76.3 cm³/mol. The molecule has 1 rings (SSSR count). The molecule has 2 nitrogen and oxygen atoms in total. The number of halogens is 1. The number of hydrogen-bond donors (Lipinski definition) is 1. The van der Waals surface area contributed by atoms with Crippen LogP contribution in [0.4, 0.5) is 0 Å². The van der Waals surface area contributed by atoms with E-state index in [9.17, 15) is 4.79 Å². The molecule has 1 aromatic carbocycles. The highest BCUT2D eigenvalue weighted by atomic mass is 35.5. The number of nitrogens with two attached hydrogens (primary N) is 1. The molecule has 17 heavy (non-hydrogen) atoms. The Morgan fingerprint density at radius 1 is 1.29 bits per heavy atom. The molecular formula is C14H24ClNO. The summed E-state index contributed by atoms with van der Waals surface area (Å²) in [6.45, 7) is 7.75. The lowest BCUT2D eigenvalue weighted by atomic mass is 10.2. The van der Waals surface area contributed by atoms with E-state index in [0.717, 1.165) is 5.02 Å². The summed E-state index contributed by atoms with van der Waals surface area (Å²) in [5.41, 5.74) is 5.68. The maximum atomic E-state index is 9.22. The van der Waals surface area contributed by atoms with Crippen LogP contribution in [0.5, 0.6) is 0 Å². The smallest absolute Gasteiger partial charge is 0.214 e. The second-order valence-electron chi connectivity index (χ2n) is 3.76. The number of benzene rings is 1. The van der Waals surface area contributed by atoms with Crippen molar-refractivity contribution in [3.63, 3.8) is 0 Å². The van der Waals surface area contributed by atoms with Crippen LogP contribution in [0, 0.1) is 6.92 Å². The van der Waals surface area contributed by atoms with Gasteiger partial charge < -0.3 is 5.73 Å². The molecule has 0 aliphatic carbocycles. The molecule has 0 aliphatic rings. The molecule has 2 N–H and O–H groups in total. The van der Waals surface area contributed by atoms with E-state index in [1.807, 2.05) is 31.2 Å². The van der Waals surface area contributed by atoms with Gasteiger partial charge in [0.1, 0.15) is 0 Å². The summed E-state index contributed by atoms with van der Waals surface area (Å²) in [5.74, 6) is -0.333. The van der Waals surface area contributed by atoms with E-state index in [0.29, 0.717) is 0 Å². The zero-order valence-corrected chi connectivity index (χ0v) is 12.1. The van der Waals surface area contributed by atoms with Gasteiger partial charge in [-0.1, -0.05) is 56.8 Å². The summed E-state index contributed by atoms with van der Waals surface area (Å²) < 4.78 is 0. The van der Waals surface area contributed by atoms with Crippen molar-refractivity contribution in [3.05, 3.63) is 34.9 Å². The highest BCUT2D eigenvalue weighted by Gasteiger charge is 1.82. The van der Waals surface area contributed by atoms with E-state index < -0.39 is 0 Å². The minimum Gasteiger partial charge on any atom is -0.370 e. The molecule has 0 atom stereocenters. The van der Waals surface area contributed by atoms with E-state index >= 15 is 0 Å². The van der Waals surface area contributed by atoms with E-state index in [2.05, 4.69) is 19.6 Å². The second-order valence-corrected chi connectivity index (χ2v) is 4.20. The number of carbonyl (C=O) groups excluding carboxylic acids is 1. The first kappa shape index (κ1) is 18.3. The lowest BCUT2D eigenvalue weighted by molar-refractivity contribution is -0.115. The highest BCUT2D eigenvalue weighted by molar-refractivity contribution is 6.30. The van der Waals surface area contributed by atoms with E-state index in [1.165, 1.54) is 31.7 Å². The average molecular weight is 258 g/mol. The van der Waals surface area contributed by atoms with Gasteiger partial charge in [0.25, 0.3) is 0 Å². The first-order chi connectivity index (χ1) is 7.93. The Labute approximate surface area is 110 Å². The molecular weight excluding hydrogens is 234 g/mol. The maximum Gasteiger partial charge on any atom is 0.214 e. The summed E-state index contributed by atoms with van der Waals surface area (Å²) >= 11 is 5.64. The van der Waals surface area contributed by atoms with Crippen LogP contribution in [0.2, 0.25) is 5.02 Å². The quantitative estimate of drug-likeness (QED) is 0.842. The lowest BCUT2D eigenvalue weighted by Crippen LogP contribution is -2.01. The Balaban J connectivity index is 0. The predicted octanol–water partition coefficient (Wildman–Crippen LogP) is 4.34. The fraction of sp³-hybridized carbons (Fsp3) is 0.500. The van der Waals surface area contributed by atoms with E-state index in [-0.39, 0.29) is 5.91 Å². The van der Waals surface area contributed by atoms with Crippen LogP contribution in [0.15, 0.2) is 24.3 Å². The molecule has 0 saturated carbocycles. The standard InChI is InChI=1S/C7H7Cl.C5H12.C2H5NO/c1-6-3-2-4-7(8)5-6;1-3-5-4-2;1-2(3)4/h2-5H,1H3;3-5H2,1-2H3;1H3,(H2,3,4). The van der Waals surface area contributed by atoms with Crippen LogP contribution >= 0.6 is 11.6 Å². The summed E-state index contributed by atoms with van der Waals surface area (Å²) in [6, 6.07) is 7.76. The average Bonchev–Trinajstić information content (AvgIpc) is 2.18. The maximum absolute atomic E-state index is 9.22. The van der Waals surface area contributed by atoms with Crippen LogP contribution in [-0.2, 0) is 4.79 Å². The monoisotopic (exact) mass is 257 g/mol. The fourth-order valence-electron chi connectivity index (χ4n) is 0.959. The Morgan fingerprint density at radius 2 is 1.76 bits per heavy atom. The molecule has 0 aromatic heterocycles. The first-order valence-corrected chi connectivity index (χ1v) is 6.30. The lowest BCUT2D eigenvalue weighted by Gasteiger charge is -1.88. The molecule has 0 fully saturated rings. The third-order valence-electron chi connectivity index (χ3n) is 1.69. The van der Waals surface area contributed by atoms with Crippen molar-refractivity contribution in [3.8, 4) is 0 Å². The van der Waals surface area contributed by atoms with Crippen LogP contribution in [0.1, 0.15) is 45.6 Å². The molecule has 0 saturated heterocycles. The summed E-state index contributed by atoms with van der Waals surface area (Å²) in [7, 11) is 0. The Morgan fingerprint density at radius 3 is 1.94 bits per heavy atom. The zero-order valence-electron chi connectivity index (χ0n) is 11.3. The number of primary amides is 1. The summed E-state index contributed by atoms with van der Waals surface area (Å²) in [4.78, 5) is 9.22. The molecule has 3 heteroatoms. The first-order valence-electron chi connectivity index (χ1n) is 5.92. The Hall–Kier alpha value is -1.02. The Kier molecular flexibility index (Phi) is 14.1. The van der Waals surface area contributed by atoms with Gasteiger partial charge in [-0.05, 0) is 24.6 Å². The summed E-state index contributed by atoms with van der Waals surface area (Å²) in [5, 5.41) is 0.810. The fourth-order valence-corrected chi connectivity index (χ4v) is 1.20. The third-order valence-corrected chi connectivity index (χ3v) is 1.92.